The van der Waals surface area contributed by atoms with Crippen molar-refractivity contribution in [1.29, 1.82) is 0 Å². The van der Waals surface area contributed by atoms with E-state index >= 15 is 0 Å². The first-order valence-electron chi connectivity index (χ1n) is 9.86. The Morgan fingerprint density at radius 2 is 2.04 bits per heavy atom. The van der Waals surface area contributed by atoms with Gasteiger partial charge < -0.3 is 10.1 Å². The highest BCUT2D eigenvalue weighted by molar-refractivity contribution is 9.10. The molecule has 2 aromatic rings. The van der Waals surface area contributed by atoms with Gasteiger partial charge in [-0.25, -0.2) is 4.98 Å². The molecular weight excluding hydrogens is 418 g/mol. The number of ether oxygens (including phenoxy) is 1. The molecule has 0 fully saturated rings. The molecule has 5 nitrogen and oxygen atoms in total. The molecule has 1 aliphatic heterocycles. The highest BCUT2D eigenvalue weighted by Gasteiger charge is 2.28. The van der Waals surface area contributed by atoms with Gasteiger partial charge in [0.15, 0.2) is 10.4 Å². The van der Waals surface area contributed by atoms with Crippen LogP contribution in [0.25, 0.3) is 5.69 Å². The van der Waals surface area contributed by atoms with Crippen LogP contribution in [0.3, 0.4) is 0 Å². The molecular formula is C22H30BrN3O2. The number of rotatable bonds is 5. The van der Waals surface area contributed by atoms with Crippen molar-refractivity contribution in [2.45, 2.75) is 53.9 Å². The molecule has 0 atom stereocenters. The van der Waals surface area contributed by atoms with Crippen LogP contribution in [0.5, 0.6) is 5.75 Å². The van der Waals surface area contributed by atoms with Gasteiger partial charge in [0.2, 0.25) is 0 Å². The number of hydrogen-bond acceptors (Lipinski definition) is 3. The largest absolute Gasteiger partial charge is 0.496 e. The van der Waals surface area contributed by atoms with Crippen molar-refractivity contribution in [3.05, 3.63) is 39.4 Å². The minimum Gasteiger partial charge on any atom is -0.496 e. The van der Waals surface area contributed by atoms with E-state index < -0.39 is 0 Å². The summed E-state index contributed by atoms with van der Waals surface area (Å²) in [6.07, 6.45) is 2.58. The Balaban J connectivity index is 2.02. The van der Waals surface area contributed by atoms with Gasteiger partial charge >= 0.3 is 0 Å². The molecule has 0 spiro atoms. The first-order chi connectivity index (χ1) is 13.1. The maximum absolute atomic E-state index is 12.8. The quantitative estimate of drug-likeness (QED) is 0.721. The molecule has 152 valence electrons. The fraction of sp³-hybridized carbons (Fsp3) is 0.545. The van der Waals surface area contributed by atoms with Crippen LogP contribution in [0.2, 0.25) is 0 Å². The van der Waals surface area contributed by atoms with Crippen LogP contribution in [0.1, 0.15) is 61.9 Å². The Morgan fingerprint density at radius 1 is 1.32 bits per heavy atom. The summed E-state index contributed by atoms with van der Waals surface area (Å²) < 4.78 is 8.39. The second kappa shape index (κ2) is 7.90. The molecule has 2 heterocycles. The molecule has 3 rings (SSSR count). The van der Waals surface area contributed by atoms with E-state index in [0.717, 1.165) is 36.4 Å². The van der Waals surface area contributed by atoms with Crippen molar-refractivity contribution in [2.75, 3.05) is 13.7 Å². The van der Waals surface area contributed by atoms with Crippen molar-refractivity contribution in [3.8, 4) is 11.4 Å². The number of halogens is 1. The summed E-state index contributed by atoms with van der Waals surface area (Å²) in [5.41, 5.74) is 5.00. The summed E-state index contributed by atoms with van der Waals surface area (Å²) in [5, 5.41) is 3.03. The Bertz CT molecular complexity index is 894. The molecule has 0 saturated carbocycles. The second-order valence-electron chi connectivity index (χ2n) is 9.15. The van der Waals surface area contributed by atoms with Crippen molar-refractivity contribution in [2.24, 2.45) is 11.3 Å². The number of aryl methyl sites for hydroxylation is 1. The van der Waals surface area contributed by atoms with Gasteiger partial charge in [0.1, 0.15) is 5.75 Å². The zero-order valence-corrected chi connectivity index (χ0v) is 19.2. The standard InChI is InChI=1S/C22H30BrN3O2/c1-13(2)9-15-10-17-14(11-18(15)28-6)7-8-16-19(25-21(23)26(16)17)20(27)24-12-22(3,4)5/h10-11,13H,7-9,12H2,1-6H3,(H,24,27). The number of benzene rings is 1. The smallest absolute Gasteiger partial charge is 0.271 e. The van der Waals surface area contributed by atoms with Crippen molar-refractivity contribution < 1.29 is 9.53 Å². The van der Waals surface area contributed by atoms with Crippen LogP contribution in [0.4, 0.5) is 0 Å². The average Bonchev–Trinajstić information content (AvgIpc) is 2.95. The Labute approximate surface area is 176 Å². The van der Waals surface area contributed by atoms with Gasteiger partial charge in [0.05, 0.1) is 18.5 Å². The van der Waals surface area contributed by atoms with Gasteiger partial charge in [-0.05, 0) is 69.8 Å². The zero-order valence-electron chi connectivity index (χ0n) is 17.6. The van der Waals surface area contributed by atoms with Crippen LogP contribution in [-0.2, 0) is 19.3 Å². The topological polar surface area (TPSA) is 56.2 Å². The van der Waals surface area contributed by atoms with Gasteiger partial charge in [0.25, 0.3) is 5.91 Å². The average molecular weight is 448 g/mol. The third-order valence-corrected chi connectivity index (χ3v) is 5.44. The van der Waals surface area contributed by atoms with Crippen LogP contribution in [-0.4, -0.2) is 29.1 Å². The lowest BCUT2D eigenvalue weighted by molar-refractivity contribution is 0.0933. The number of fused-ring (bicyclic) bond motifs is 3. The molecule has 28 heavy (non-hydrogen) atoms. The Hall–Kier alpha value is -1.82. The highest BCUT2D eigenvalue weighted by Crippen LogP contribution is 2.35. The number of nitrogens with one attached hydrogen (secondary N) is 1. The minimum absolute atomic E-state index is 0.0294. The summed E-state index contributed by atoms with van der Waals surface area (Å²) in [4.78, 5) is 17.3. The number of imidazole rings is 1. The number of amides is 1. The van der Waals surface area contributed by atoms with Crippen LogP contribution < -0.4 is 10.1 Å². The van der Waals surface area contributed by atoms with Gasteiger partial charge in [-0.1, -0.05) is 34.6 Å². The van der Waals surface area contributed by atoms with Gasteiger partial charge in [0, 0.05) is 6.54 Å². The van der Waals surface area contributed by atoms with Gasteiger partial charge in [-0.2, -0.15) is 0 Å². The predicted molar refractivity (Wildman–Crippen MR) is 116 cm³/mol. The Morgan fingerprint density at radius 3 is 2.64 bits per heavy atom. The number of hydrogen-bond donors (Lipinski definition) is 1. The summed E-state index contributed by atoms with van der Waals surface area (Å²) in [7, 11) is 1.73. The maximum Gasteiger partial charge on any atom is 0.271 e. The molecule has 0 bridgehead atoms. The summed E-state index contributed by atoms with van der Waals surface area (Å²) in [5.74, 6) is 1.36. The molecule has 1 N–H and O–H groups in total. The van der Waals surface area contributed by atoms with E-state index in [1.165, 1.54) is 11.1 Å². The molecule has 0 saturated heterocycles. The number of nitrogens with zero attached hydrogens (tertiary/aromatic N) is 2. The predicted octanol–water partition coefficient (Wildman–Crippen LogP) is 4.72. The van der Waals surface area contributed by atoms with Crippen molar-refractivity contribution >= 4 is 21.8 Å². The number of carbonyl (C=O) groups excluding carboxylic acids is 1. The van der Waals surface area contributed by atoms with Gasteiger partial charge in [-0.15, -0.1) is 0 Å². The fourth-order valence-corrected chi connectivity index (χ4v) is 4.20. The molecule has 1 amide bonds. The first-order valence-corrected chi connectivity index (χ1v) is 10.7. The van der Waals surface area contributed by atoms with Crippen LogP contribution >= 0.6 is 15.9 Å². The van der Waals surface area contributed by atoms with E-state index in [-0.39, 0.29) is 11.3 Å². The lowest BCUT2D eigenvalue weighted by Gasteiger charge is -2.23. The molecule has 1 aromatic heterocycles. The Kier molecular flexibility index (Phi) is 5.89. The van der Waals surface area contributed by atoms with Crippen molar-refractivity contribution in [1.82, 2.24) is 14.9 Å². The van der Waals surface area contributed by atoms with E-state index in [4.69, 9.17) is 4.74 Å². The molecule has 6 heteroatoms. The lowest BCUT2D eigenvalue weighted by Crippen LogP contribution is -2.33. The molecule has 0 radical (unpaired) electrons. The molecule has 1 aliphatic rings. The number of aromatic nitrogens is 2. The van der Waals surface area contributed by atoms with E-state index in [2.05, 4.69) is 77.5 Å². The zero-order chi connectivity index (χ0) is 20.6. The fourth-order valence-electron chi connectivity index (χ4n) is 3.61. The van der Waals surface area contributed by atoms with E-state index in [1.54, 1.807) is 7.11 Å². The number of methoxy groups -OCH3 is 1. The maximum atomic E-state index is 12.8. The molecule has 0 aliphatic carbocycles. The first kappa shape index (κ1) is 20.9. The van der Waals surface area contributed by atoms with E-state index in [9.17, 15) is 4.79 Å². The van der Waals surface area contributed by atoms with E-state index in [0.29, 0.717) is 22.9 Å². The van der Waals surface area contributed by atoms with Crippen LogP contribution in [0.15, 0.2) is 16.9 Å². The second-order valence-corrected chi connectivity index (χ2v) is 9.85. The summed E-state index contributed by atoms with van der Waals surface area (Å²) >= 11 is 3.58. The minimum atomic E-state index is -0.108. The van der Waals surface area contributed by atoms with E-state index in [1.807, 2.05) is 0 Å². The third kappa shape index (κ3) is 4.27. The highest BCUT2D eigenvalue weighted by atomic mass is 79.9. The SMILES string of the molecule is COc1cc2c(cc1CC(C)C)-n1c(Br)nc(C(=O)NCC(C)(C)C)c1CC2. The van der Waals surface area contributed by atoms with Crippen molar-refractivity contribution in [3.63, 3.8) is 0 Å². The molecule has 0 unspecified atom stereocenters. The summed E-state index contributed by atoms with van der Waals surface area (Å²) in [6, 6.07) is 4.34. The lowest BCUT2D eigenvalue weighted by atomic mass is 9.94. The van der Waals surface area contributed by atoms with Crippen LogP contribution in [0, 0.1) is 11.3 Å². The number of carbonyl (C=O) groups is 1. The normalized spacial score (nSPS) is 13.3. The monoisotopic (exact) mass is 447 g/mol. The molecule has 1 aromatic carbocycles. The summed E-state index contributed by atoms with van der Waals surface area (Å²) in [6.45, 7) is 11.3. The van der Waals surface area contributed by atoms with Gasteiger partial charge in [-0.3, -0.25) is 9.36 Å². The third-order valence-electron chi connectivity index (χ3n) is 4.91.